The number of ether oxygens (including phenoxy) is 2. The smallest absolute Gasteiger partial charge is 0.407 e. The largest absolute Gasteiger partial charge is 0.479 e. The lowest BCUT2D eigenvalue weighted by Gasteiger charge is -2.34. The van der Waals surface area contributed by atoms with Crippen molar-refractivity contribution in [2.45, 2.75) is 30.7 Å². The molecule has 0 radical (unpaired) electrons. The molecule has 2 amide bonds. The van der Waals surface area contributed by atoms with E-state index in [1.165, 1.54) is 23.1 Å². The van der Waals surface area contributed by atoms with Crippen LogP contribution in [0.1, 0.15) is 36.3 Å². The molecule has 1 aliphatic heterocycles. The third kappa shape index (κ3) is 4.16. The number of nitrogens with one attached hydrogen (secondary N) is 1. The Balaban J connectivity index is 1.14. The van der Waals surface area contributed by atoms with Crippen LogP contribution in [-0.2, 0) is 19.1 Å². The normalized spacial score (nSPS) is 24.5. The van der Waals surface area contributed by atoms with Gasteiger partial charge in [0.25, 0.3) is 0 Å². The number of nitrogens with zero attached hydrogens (tertiary/aromatic N) is 1. The van der Waals surface area contributed by atoms with E-state index in [1.54, 1.807) is 0 Å². The van der Waals surface area contributed by atoms with Crippen LogP contribution in [0.2, 0.25) is 0 Å². The maximum absolute atomic E-state index is 13.1. The standard InChI is InChI=1S/C27H30N2O6/c1-34-16-27(25(31)32)11-6-12-29(27)24(30)22-13-17(22)14-28-26(33)35-15-23-20-9-4-2-7-18(20)19-8-3-5-10-21(19)23/h2-5,7-10,17,22-23H,6,11-16H2,1H3,(H,28,33)(H,31,32)/t17-,22-,27?/m1/s1. The van der Waals surface area contributed by atoms with Gasteiger partial charge in [0.15, 0.2) is 5.54 Å². The zero-order chi connectivity index (χ0) is 24.6. The third-order valence-corrected chi connectivity index (χ3v) is 7.63. The van der Waals surface area contributed by atoms with Gasteiger partial charge >= 0.3 is 12.1 Å². The van der Waals surface area contributed by atoms with E-state index in [1.807, 2.05) is 24.3 Å². The Labute approximate surface area is 204 Å². The summed E-state index contributed by atoms with van der Waals surface area (Å²) in [4.78, 5) is 38.9. The van der Waals surface area contributed by atoms with Crippen LogP contribution in [0.3, 0.4) is 0 Å². The average molecular weight is 479 g/mol. The predicted octanol–water partition coefficient (Wildman–Crippen LogP) is 3.25. The van der Waals surface area contributed by atoms with Crippen LogP contribution in [0, 0.1) is 11.8 Å². The van der Waals surface area contributed by atoms with Crippen molar-refractivity contribution >= 4 is 18.0 Å². The Morgan fingerprint density at radius 3 is 2.37 bits per heavy atom. The molecule has 2 aromatic carbocycles. The van der Waals surface area contributed by atoms with Crippen LogP contribution in [0.15, 0.2) is 48.5 Å². The van der Waals surface area contributed by atoms with E-state index in [-0.39, 0.29) is 36.9 Å². The van der Waals surface area contributed by atoms with Crippen LogP contribution in [0.4, 0.5) is 4.79 Å². The quantitative estimate of drug-likeness (QED) is 0.604. The molecule has 3 atom stereocenters. The molecule has 1 saturated carbocycles. The number of hydrogen-bond donors (Lipinski definition) is 2. The third-order valence-electron chi connectivity index (χ3n) is 7.63. The van der Waals surface area contributed by atoms with Crippen LogP contribution in [-0.4, -0.2) is 66.9 Å². The van der Waals surface area contributed by atoms with Gasteiger partial charge in [-0.1, -0.05) is 48.5 Å². The van der Waals surface area contributed by atoms with Crippen molar-refractivity contribution < 1.29 is 29.0 Å². The van der Waals surface area contributed by atoms with Gasteiger partial charge in [0.1, 0.15) is 6.61 Å². The molecule has 1 unspecified atom stereocenters. The van der Waals surface area contributed by atoms with Crippen molar-refractivity contribution in [1.82, 2.24) is 10.2 Å². The fourth-order valence-corrected chi connectivity index (χ4v) is 5.71. The number of aliphatic carboxylic acids is 1. The molecule has 2 N–H and O–H groups in total. The van der Waals surface area contributed by atoms with Gasteiger partial charge in [-0.15, -0.1) is 0 Å². The molecule has 8 heteroatoms. The van der Waals surface area contributed by atoms with E-state index in [4.69, 9.17) is 9.47 Å². The summed E-state index contributed by atoms with van der Waals surface area (Å²) in [6.45, 7) is 0.949. The monoisotopic (exact) mass is 478 g/mol. The first kappa shape index (κ1) is 23.4. The molecule has 2 fully saturated rings. The van der Waals surface area contributed by atoms with Crippen molar-refractivity contribution in [2.75, 3.05) is 33.4 Å². The summed E-state index contributed by atoms with van der Waals surface area (Å²) in [5.74, 6) is -1.50. The second kappa shape index (κ2) is 9.34. The van der Waals surface area contributed by atoms with Gasteiger partial charge in [-0.05, 0) is 47.4 Å². The highest BCUT2D eigenvalue weighted by molar-refractivity contribution is 5.90. The number of likely N-dealkylation sites (tertiary alicyclic amines) is 1. The van der Waals surface area contributed by atoms with Gasteiger partial charge in [0, 0.05) is 32.0 Å². The van der Waals surface area contributed by atoms with E-state index in [2.05, 4.69) is 29.6 Å². The van der Waals surface area contributed by atoms with Gasteiger partial charge < -0.3 is 24.8 Å². The van der Waals surface area contributed by atoms with E-state index < -0.39 is 17.6 Å². The molecule has 2 aromatic rings. The molecule has 0 bridgehead atoms. The van der Waals surface area contributed by atoms with Crippen LogP contribution >= 0.6 is 0 Å². The zero-order valence-electron chi connectivity index (χ0n) is 19.7. The molecule has 0 aromatic heterocycles. The van der Waals surface area contributed by atoms with E-state index >= 15 is 0 Å². The maximum Gasteiger partial charge on any atom is 0.407 e. The molecule has 1 heterocycles. The molecule has 3 aliphatic rings. The van der Waals surface area contributed by atoms with E-state index in [9.17, 15) is 19.5 Å². The number of carboxylic acid groups (broad SMARTS) is 1. The maximum atomic E-state index is 13.1. The minimum absolute atomic E-state index is 0.0107. The molecular weight excluding hydrogens is 448 g/mol. The highest BCUT2D eigenvalue weighted by Gasteiger charge is 2.55. The summed E-state index contributed by atoms with van der Waals surface area (Å²) in [5.41, 5.74) is 3.35. The first-order chi connectivity index (χ1) is 17.0. The number of amides is 2. The van der Waals surface area contributed by atoms with Crippen molar-refractivity contribution in [2.24, 2.45) is 11.8 Å². The summed E-state index contributed by atoms with van der Waals surface area (Å²) in [7, 11) is 1.45. The molecule has 2 aliphatic carbocycles. The molecular formula is C27H30N2O6. The predicted molar refractivity (Wildman–Crippen MR) is 128 cm³/mol. The lowest BCUT2D eigenvalue weighted by molar-refractivity contribution is -0.160. The van der Waals surface area contributed by atoms with Crippen LogP contribution in [0.5, 0.6) is 0 Å². The molecule has 8 nitrogen and oxygen atoms in total. The summed E-state index contributed by atoms with van der Waals surface area (Å²) in [5, 5.41) is 12.6. The summed E-state index contributed by atoms with van der Waals surface area (Å²) in [6, 6.07) is 16.3. The van der Waals surface area contributed by atoms with Crippen LogP contribution < -0.4 is 5.32 Å². The first-order valence-corrected chi connectivity index (χ1v) is 12.1. The lowest BCUT2D eigenvalue weighted by atomic mass is 9.97. The number of carbonyl (C=O) groups is 3. The summed E-state index contributed by atoms with van der Waals surface area (Å²) >= 11 is 0. The Morgan fingerprint density at radius 1 is 1.09 bits per heavy atom. The minimum atomic E-state index is -1.29. The number of carbonyl (C=O) groups excluding carboxylic acids is 2. The van der Waals surface area contributed by atoms with E-state index in [0.717, 1.165) is 11.1 Å². The molecule has 5 rings (SSSR count). The minimum Gasteiger partial charge on any atom is -0.479 e. The van der Waals surface area contributed by atoms with Gasteiger partial charge in [-0.25, -0.2) is 9.59 Å². The van der Waals surface area contributed by atoms with Crippen LogP contribution in [0.25, 0.3) is 11.1 Å². The number of methoxy groups -OCH3 is 1. The number of carboxylic acids is 1. The van der Waals surface area contributed by atoms with E-state index in [0.29, 0.717) is 32.4 Å². The summed E-state index contributed by atoms with van der Waals surface area (Å²) in [6.07, 6.45) is 1.14. The first-order valence-electron chi connectivity index (χ1n) is 12.1. The molecule has 0 spiro atoms. The Morgan fingerprint density at radius 2 is 1.74 bits per heavy atom. The van der Waals surface area contributed by atoms with Gasteiger partial charge in [-0.2, -0.15) is 0 Å². The molecule has 1 saturated heterocycles. The SMILES string of the molecule is COCC1(C(=O)O)CCCN1C(=O)[C@@H]1C[C@@H]1CNC(=O)OCC1c2ccccc2-c2ccccc21. The van der Waals surface area contributed by atoms with Crippen molar-refractivity contribution in [3.05, 3.63) is 59.7 Å². The number of rotatable bonds is 8. The fraction of sp³-hybridized carbons (Fsp3) is 0.444. The number of fused-ring (bicyclic) bond motifs is 3. The highest BCUT2D eigenvalue weighted by Crippen LogP contribution is 2.45. The average Bonchev–Trinajstić information content (AvgIpc) is 3.40. The number of benzene rings is 2. The zero-order valence-corrected chi connectivity index (χ0v) is 19.7. The Hall–Kier alpha value is -3.39. The summed E-state index contributed by atoms with van der Waals surface area (Å²) < 4.78 is 10.7. The number of hydrogen-bond acceptors (Lipinski definition) is 5. The van der Waals surface area contributed by atoms with Crippen molar-refractivity contribution in [3.8, 4) is 11.1 Å². The lowest BCUT2D eigenvalue weighted by Crippen LogP contribution is -2.56. The Bertz CT molecular complexity index is 1100. The van der Waals surface area contributed by atoms with Crippen molar-refractivity contribution in [1.29, 1.82) is 0 Å². The second-order valence-electron chi connectivity index (χ2n) is 9.67. The van der Waals surface area contributed by atoms with Gasteiger partial charge in [-0.3, -0.25) is 4.79 Å². The Kier molecular flexibility index (Phi) is 6.23. The highest BCUT2D eigenvalue weighted by atomic mass is 16.5. The number of alkyl carbamates (subject to hydrolysis) is 1. The topological polar surface area (TPSA) is 105 Å². The second-order valence-corrected chi connectivity index (χ2v) is 9.67. The molecule has 35 heavy (non-hydrogen) atoms. The van der Waals surface area contributed by atoms with Gasteiger partial charge in [0.05, 0.1) is 6.61 Å². The van der Waals surface area contributed by atoms with Gasteiger partial charge in [0.2, 0.25) is 5.91 Å². The molecule has 184 valence electrons. The van der Waals surface area contributed by atoms with Crippen molar-refractivity contribution in [3.63, 3.8) is 0 Å². The fourth-order valence-electron chi connectivity index (χ4n) is 5.71.